The van der Waals surface area contributed by atoms with Gasteiger partial charge in [-0.1, -0.05) is 17.7 Å². The van der Waals surface area contributed by atoms with Crippen LogP contribution in [0.2, 0.25) is 5.02 Å². The molecule has 0 saturated carbocycles. The van der Waals surface area contributed by atoms with Crippen molar-refractivity contribution in [1.29, 1.82) is 0 Å². The summed E-state index contributed by atoms with van der Waals surface area (Å²) in [7, 11) is 0. The molecule has 154 valence electrons. The van der Waals surface area contributed by atoms with E-state index in [-0.39, 0.29) is 22.3 Å². The van der Waals surface area contributed by atoms with Gasteiger partial charge in [0.1, 0.15) is 11.3 Å². The molecule has 4 aromatic rings. The second-order valence-electron chi connectivity index (χ2n) is 6.10. The Balaban J connectivity index is 1.49. The molecule has 0 spiro atoms. The predicted octanol–water partition coefficient (Wildman–Crippen LogP) is 4.46. The van der Waals surface area contributed by atoms with Crippen LogP contribution in [0.3, 0.4) is 0 Å². The number of rotatable bonds is 5. The van der Waals surface area contributed by atoms with Gasteiger partial charge >= 0.3 is 6.18 Å². The predicted molar refractivity (Wildman–Crippen MR) is 100 cm³/mol. The number of furan rings is 1. The molecule has 0 bridgehead atoms. The molecule has 0 fully saturated rings. The Labute approximate surface area is 171 Å². The van der Waals surface area contributed by atoms with E-state index in [1.807, 2.05) is 0 Å². The van der Waals surface area contributed by atoms with Gasteiger partial charge in [-0.05, 0) is 41.6 Å². The number of nitrogens with one attached hydrogen (secondary N) is 2. The van der Waals surface area contributed by atoms with Crippen LogP contribution in [0.4, 0.5) is 18.9 Å². The minimum Gasteiger partial charge on any atom is -0.483 e. The number of hydrogen-bond donors (Lipinski definition) is 2. The lowest BCUT2D eigenvalue weighted by Crippen LogP contribution is -2.19. The van der Waals surface area contributed by atoms with E-state index in [9.17, 15) is 18.0 Å². The Morgan fingerprint density at radius 3 is 2.73 bits per heavy atom. The van der Waals surface area contributed by atoms with Crippen molar-refractivity contribution in [2.75, 3.05) is 11.9 Å². The third-order valence-corrected chi connectivity index (χ3v) is 4.22. The van der Waals surface area contributed by atoms with Crippen LogP contribution < -0.4 is 10.1 Å². The van der Waals surface area contributed by atoms with Gasteiger partial charge in [-0.3, -0.25) is 4.79 Å². The van der Waals surface area contributed by atoms with E-state index in [0.29, 0.717) is 16.9 Å². The lowest BCUT2D eigenvalue weighted by atomic mass is 10.1. The molecule has 1 amide bonds. The average molecular weight is 438 g/mol. The highest BCUT2D eigenvalue weighted by Gasteiger charge is 2.28. The van der Waals surface area contributed by atoms with Crippen molar-refractivity contribution < 1.29 is 27.1 Å². The summed E-state index contributed by atoms with van der Waals surface area (Å²) in [4.78, 5) is 12.5. The van der Waals surface area contributed by atoms with Crippen LogP contribution in [-0.4, -0.2) is 39.3 Å². The van der Waals surface area contributed by atoms with Gasteiger partial charge in [0.25, 0.3) is 5.91 Å². The number of anilines is 1. The molecule has 2 heterocycles. The smallest absolute Gasteiger partial charge is 0.422 e. The molecule has 0 aliphatic heterocycles. The number of aromatic amines is 1. The maximum Gasteiger partial charge on any atom is 0.422 e. The van der Waals surface area contributed by atoms with Gasteiger partial charge in [0, 0.05) is 16.6 Å². The lowest BCUT2D eigenvalue weighted by molar-refractivity contribution is -0.153. The van der Waals surface area contributed by atoms with Crippen molar-refractivity contribution in [3.63, 3.8) is 0 Å². The van der Waals surface area contributed by atoms with E-state index in [4.69, 9.17) is 16.0 Å². The van der Waals surface area contributed by atoms with Crippen molar-refractivity contribution in [3.8, 4) is 17.3 Å². The molecular weight excluding hydrogens is 427 g/mol. The number of carbonyl (C=O) groups excluding carboxylic acids is 1. The third kappa shape index (κ3) is 4.35. The van der Waals surface area contributed by atoms with Crippen LogP contribution >= 0.6 is 11.6 Å². The molecule has 4 rings (SSSR count). The average Bonchev–Trinajstić information content (AvgIpc) is 3.35. The Hall–Kier alpha value is -3.60. The van der Waals surface area contributed by atoms with Gasteiger partial charge in [0.2, 0.25) is 5.82 Å². The number of H-pyrrole nitrogens is 1. The number of alkyl halides is 3. The molecule has 0 saturated heterocycles. The van der Waals surface area contributed by atoms with Gasteiger partial charge < -0.3 is 14.5 Å². The van der Waals surface area contributed by atoms with Crippen molar-refractivity contribution in [2.24, 2.45) is 0 Å². The van der Waals surface area contributed by atoms with E-state index in [1.54, 1.807) is 18.2 Å². The Morgan fingerprint density at radius 2 is 2.03 bits per heavy atom. The molecule has 8 nitrogen and oxygen atoms in total. The molecule has 30 heavy (non-hydrogen) atoms. The van der Waals surface area contributed by atoms with Gasteiger partial charge in [-0.15, -0.1) is 10.2 Å². The maximum absolute atomic E-state index is 12.5. The summed E-state index contributed by atoms with van der Waals surface area (Å²) in [6, 6.07) is 10.5. The third-order valence-electron chi connectivity index (χ3n) is 3.93. The standard InChI is InChI=1S/C18H11ClF3N5O3/c19-12-7-11(3-4-13(12)29-8-18(20,21)22)23-17(28)10-2-1-9-5-15(30-14(9)6-10)16-24-26-27-25-16/h1-7H,8H2,(H,23,28)(H,24,25,26,27). The summed E-state index contributed by atoms with van der Waals surface area (Å²) in [5.74, 6) is 0.0599. The lowest BCUT2D eigenvalue weighted by Gasteiger charge is -2.12. The molecule has 12 heteroatoms. The van der Waals surface area contributed by atoms with Gasteiger partial charge in [0.15, 0.2) is 12.4 Å². The van der Waals surface area contributed by atoms with E-state index < -0.39 is 18.7 Å². The monoisotopic (exact) mass is 437 g/mol. The summed E-state index contributed by atoms with van der Waals surface area (Å²) in [6.45, 7) is -1.46. The number of nitrogens with zero attached hydrogens (tertiary/aromatic N) is 3. The number of fused-ring (bicyclic) bond motifs is 1. The molecule has 2 aromatic heterocycles. The van der Waals surface area contributed by atoms with E-state index in [0.717, 1.165) is 5.39 Å². The van der Waals surface area contributed by atoms with Gasteiger partial charge in [-0.2, -0.15) is 18.4 Å². The zero-order chi connectivity index (χ0) is 21.3. The molecular formula is C18H11ClF3N5O3. The van der Waals surface area contributed by atoms with Gasteiger partial charge in [0.05, 0.1) is 5.02 Å². The highest BCUT2D eigenvalue weighted by atomic mass is 35.5. The highest BCUT2D eigenvalue weighted by Crippen LogP contribution is 2.30. The van der Waals surface area contributed by atoms with Gasteiger partial charge in [-0.25, -0.2) is 0 Å². The summed E-state index contributed by atoms with van der Waals surface area (Å²) in [5, 5.41) is 16.7. The molecule has 0 atom stereocenters. The zero-order valence-corrected chi connectivity index (χ0v) is 15.6. The van der Waals surface area contributed by atoms with Crippen LogP contribution in [0.25, 0.3) is 22.6 Å². The number of aromatic nitrogens is 4. The van der Waals surface area contributed by atoms with Crippen LogP contribution in [0, 0.1) is 0 Å². The Kier molecular flexibility index (Phi) is 5.04. The summed E-state index contributed by atoms with van der Waals surface area (Å²) in [6.07, 6.45) is -4.48. The van der Waals surface area contributed by atoms with Crippen LogP contribution in [0.1, 0.15) is 10.4 Å². The fourth-order valence-corrected chi connectivity index (χ4v) is 2.84. The minimum absolute atomic E-state index is 0.0664. The largest absolute Gasteiger partial charge is 0.483 e. The number of halogens is 4. The molecule has 0 aliphatic rings. The van der Waals surface area contributed by atoms with Crippen LogP contribution in [0.15, 0.2) is 46.9 Å². The topological polar surface area (TPSA) is 106 Å². The fraction of sp³-hybridized carbons (Fsp3) is 0.111. The van der Waals surface area contributed by atoms with E-state index in [1.165, 1.54) is 24.3 Å². The zero-order valence-electron chi connectivity index (χ0n) is 14.8. The fourth-order valence-electron chi connectivity index (χ4n) is 2.61. The van der Waals surface area contributed by atoms with Crippen molar-refractivity contribution in [2.45, 2.75) is 6.18 Å². The number of tetrazole rings is 1. The molecule has 2 N–H and O–H groups in total. The van der Waals surface area contributed by atoms with Crippen LogP contribution in [0.5, 0.6) is 5.75 Å². The highest BCUT2D eigenvalue weighted by molar-refractivity contribution is 6.32. The second kappa shape index (κ2) is 7.67. The summed E-state index contributed by atoms with van der Waals surface area (Å²) in [5.41, 5.74) is 1.03. The molecule has 2 aromatic carbocycles. The summed E-state index contributed by atoms with van der Waals surface area (Å²) < 4.78 is 47.1. The van der Waals surface area contributed by atoms with Crippen molar-refractivity contribution in [3.05, 3.63) is 53.1 Å². The molecule has 0 radical (unpaired) electrons. The summed E-state index contributed by atoms with van der Waals surface area (Å²) >= 11 is 5.94. The number of carbonyl (C=O) groups is 1. The van der Waals surface area contributed by atoms with Crippen molar-refractivity contribution in [1.82, 2.24) is 20.6 Å². The van der Waals surface area contributed by atoms with Crippen LogP contribution in [-0.2, 0) is 0 Å². The molecule has 0 unspecified atom stereocenters. The Bertz CT molecular complexity index is 1210. The number of hydrogen-bond acceptors (Lipinski definition) is 6. The first-order valence-corrected chi connectivity index (χ1v) is 8.74. The first-order valence-electron chi connectivity index (χ1n) is 8.36. The van der Waals surface area contributed by atoms with E-state index >= 15 is 0 Å². The number of ether oxygens (including phenoxy) is 1. The first-order chi connectivity index (χ1) is 14.3. The Morgan fingerprint density at radius 1 is 1.20 bits per heavy atom. The molecule has 0 aliphatic carbocycles. The van der Waals surface area contributed by atoms with Crippen molar-refractivity contribution >= 4 is 34.2 Å². The first kappa shape index (κ1) is 19.7. The van der Waals surface area contributed by atoms with E-state index in [2.05, 4.69) is 30.7 Å². The number of benzene rings is 2. The minimum atomic E-state index is -4.48. The second-order valence-corrected chi connectivity index (χ2v) is 6.51. The quantitative estimate of drug-likeness (QED) is 0.477. The normalized spacial score (nSPS) is 11.6. The number of amides is 1. The SMILES string of the molecule is O=C(Nc1ccc(OCC(F)(F)F)c(Cl)c1)c1ccc2cc(-c3nn[nH]n3)oc2c1. The maximum atomic E-state index is 12.5.